The number of benzene rings is 1. The number of hydrogen-bond donors (Lipinski definition) is 3. The Bertz CT molecular complexity index is 971. The van der Waals surface area contributed by atoms with Gasteiger partial charge in [0.25, 0.3) is 5.91 Å². The fraction of sp³-hybridized carbons (Fsp3) is 0.316. The van der Waals surface area contributed by atoms with Gasteiger partial charge >= 0.3 is 5.97 Å². The highest BCUT2D eigenvalue weighted by Crippen LogP contribution is 2.23. The maximum absolute atomic E-state index is 12.0. The molecule has 29 heavy (non-hydrogen) atoms. The zero-order chi connectivity index (χ0) is 20.9. The highest BCUT2D eigenvalue weighted by molar-refractivity contribution is 7.89. The van der Waals surface area contributed by atoms with Crippen LogP contribution in [0, 0.1) is 0 Å². The second-order valence-electron chi connectivity index (χ2n) is 6.72. The van der Waals surface area contributed by atoms with Crippen LogP contribution in [-0.4, -0.2) is 44.5 Å². The lowest BCUT2D eigenvalue weighted by Gasteiger charge is -2.08. The molecule has 3 rings (SSSR count). The van der Waals surface area contributed by atoms with Crippen LogP contribution < -0.4 is 15.8 Å². The van der Waals surface area contributed by atoms with Gasteiger partial charge in [-0.05, 0) is 49.1 Å². The van der Waals surface area contributed by atoms with Gasteiger partial charge in [-0.2, -0.15) is 0 Å². The molecule has 1 aromatic carbocycles. The summed E-state index contributed by atoms with van der Waals surface area (Å²) in [6.07, 6.45) is 4.16. The van der Waals surface area contributed by atoms with Gasteiger partial charge in [-0.15, -0.1) is 0 Å². The molecule has 1 fully saturated rings. The average molecular weight is 418 g/mol. The maximum Gasteiger partial charge on any atom is 0.340 e. The van der Waals surface area contributed by atoms with Crippen LogP contribution in [0.5, 0.6) is 0 Å². The summed E-state index contributed by atoms with van der Waals surface area (Å²) >= 11 is 0. The highest BCUT2D eigenvalue weighted by atomic mass is 32.2. The van der Waals surface area contributed by atoms with E-state index in [9.17, 15) is 18.0 Å². The number of nitrogens with one attached hydrogen (secondary N) is 2. The number of nitrogens with two attached hydrogens (primary N) is 1. The topological polar surface area (TPSA) is 140 Å². The molecule has 1 aliphatic rings. The molecular weight excluding hydrogens is 396 g/mol. The number of pyridine rings is 1. The van der Waals surface area contributed by atoms with Crippen LogP contribution in [0.15, 0.2) is 47.5 Å². The lowest BCUT2D eigenvalue weighted by atomic mass is 10.1. The summed E-state index contributed by atoms with van der Waals surface area (Å²) in [5.74, 6) is -0.345. The van der Waals surface area contributed by atoms with E-state index in [4.69, 9.17) is 9.88 Å². The van der Waals surface area contributed by atoms with Crippen LogP contribution in [0.2, 0.25) is 0 Å². The molecule has 10 heteroatoms. The van der Waals surface area contributed by atoms with Crippen molar-refractivity contribution in [1.29, 1.82) is 0 Å². The minimum Gasteiger partial charge on any atom is -0.452 e. The van der Waals surface area contributed by atoms with Crippen LogP contribution in [0.25, 0.3) is 0 Å². The van der Waals surface area contributed by atoms with Gasteiger partial charge in [-0.3, -0.25) is 4.79 Å². The van der Waals surface area contributed by atoms with E-state index in [1.54, 1.807) is 24.3 Å². The van der Waals surface area contributed by atoms with Gasteiger partial charge in [0.2, 0.25) is 10.0 Å². The van der Waals surface area contributed by atoms with Crippen molar-refractivity contribution in [2.24, 2.45) is 5.14 Å². The standard InChI is InChI=1S/C19H22N4O5S/c20-29(26,27)16-6-1-13(2-7-16)9-10-21-18(24)12-28-19(25)14-3-8-17(22-11-14)23-15-4-5-15/h1-3,6-8,11,15H,4-5,9-10,12H2,(H,21,24)(H,22,23)(H2,20,26,27). The summed E-state index contributed by atoms with van der Waals surface area (Å²) in [6, 6.07) is 9.85. The first kappa shape index (κ1) is 20.7. The minimum absolute atomic E-state index is 0.0306. The zero-order valence-corrected chi connectivity index (χ0v) is 16.4. The first-order valence-electron chi connectivity index (χ1n) is 9.09. The number of nitrogens with zero attached hydrogens (tertiary/aromatic N) is 1. The van der Waals surface area contributed by atoms with Crippen molar-refractivity contribution in [2.45, 2.75) is 30.2 Å². The average Bonchev–Trinajstić information content (AvgIpc) is 3.50. The number of esters is 1. The predicted octanol–water partition coefficient (Wildman–Crippen LogP) is 0.819. The monoisotopic (exact) mass is 418 g/mol. The molecule has 0 unspecified atom stereocenters. The molecule has 1 amide bonds. The molecule has 4 N–H and O–H groups in total. The molecule has 1 aliphatic carbocycles. The van der Waals surface area contributed by atoms with E-state index in [1.807, 2.05) is 0 Å². The minimum atomic E-state index is -3.72. The molecule has 2 aromatic rings. The van der Waals surface area contributed by atoms with Gasteiger partial charge < -0.3 is 15.4 Å². The van der Waals surface area contributed by atoms with E-state index in [-0.39, 0.29) is 10.5 Å². The van der Waals surface area contributed by atoms with E-state index in [0.29, 0.717) is 24.8 Å². The Morgan fingerprint density at radius 1 is 1.14 bits per heavy atom. The number of primary sulfonamides is 1. The molecule has 1 saturated carbocycles. The Hall–Kier alpha value is -2.98. The first-order chi connectivity index (χ1) is 13.8. The molecule has 0 spiro atoms. The van der Waals surface area contributed by atoms with E-state index in [1.165, 1.54) is 18.3 Å². The van der Waals surface area contributed by atoms with E-state index in [2.05, 4.69) is 15.6 Å². The number of anilines is 1. The second kappa shape index (κ2) is 9.01. The van der Waals surface area contributed by atoms with Crippen LogP contribution in [-0.2, 0) is 26.0 Å². The van der Waals surface area contributed by atoms with Crippen molar-refractivity contribution in [2.75, 3.05) is 18.5 Å². The predicted molar refractivity (Wildman–Crippen MR) is 106 cm³/mol. The first-order valence-corrected chi connectivity index (χ1v) is 10.6. The molecule has 0 atom stereocenters. The Morgan fingerprint density at radius 3 is 2.45 bits per heavy atom. The Labute approximate surface area is 168 Å². The van der Waals surface area contributed by atoms with Gasteiger partial charge in [0.05, 0.1) is 10.5 Å². The summed E-state index contributed by atoms with van der Waals surface area (Å²) in [7, 11) is -3.72. The Kier molecular flexibility index (Phi) is 6.45. The summed E-state index contributed by atoms with van der Waals surface area (Å²) in [5.41, 5.74) is 1.11. The van der Waals surface area contributed by atoms with Crippen LogP contribution in [0.1, 0.15) is 28.8 Å². The molecule has 1 aromatic heterocycles. The van der Waals surface area contributed by atoms with Crippen molar-refractivity contribution < 1.29 is 22.7 Å². The number of sulfonamides is 1. The van der Waals surface area contributed by atoms with Gasteiger partial charge in [0, 0.05) is 18.8 Å². The van der Waals surface area contributed by atoms with Crippen LogP contribution >= 0.6 is 0 Å². The molecule has 0 radical (unpaired) electrons. The molecule has 0 bridgehead atoms. The van der Waals surface area contributed by atoms with E-state index >= 15 is 0 Å². The van der Waals surface area contributed by atoms with Crippen molar-refractivity contribution in [3.8, 4) is 0 Å². The highest BCUT2D eigenvalue weighted by Gasteiger charge is 2.21. The van der Waals surface area contributed by atoms with E-state index in [0.717, 1.165) is 18.4 Å². The third-order valence-electron chi connectivity index (χ3n) is 4.25. The molecule has 0 saturated heterocycles. The lowest BCUT2D eigenvalue weighted by Crippen LogP contribution is -2.30. The van der Waals surface area contributed by atoms with E-state index < -0.39 is 28.5 Å². The number of carbonyl (C=O) groups is 2. The number of ether oxygens (including phenoxy) is 1. The van der Waals surface area contributed by atoms with Gasteiger partial charge in [0.1, 0.15) is 5.82 Å². The van der Waals surface area contributed by atoms with Gasteiger partial charge in [0.15, 0.2) is 6.61 Å². The SMILES string of the molecule is NS(=O)(=O)c1ccc(CCNC(=O)COC(=O)c2ccc(NC3CC3)nc2)cc1. The maximum atomic E-state index is 12.0. The molecule has 1 heterocycles. The lowest BCUT2D eigenvalue weighted by molar-refractivity contribution is -0.124. The Balaban J connectivity index is 1.37. The fourth-order valence-electron chi connectivity index (χ4n) is 2.49. The fourth-order valence-corrected chi connectivity index (χ4v) is 3.01. The van der Waals surface area contributed by atoms with Crippen molar-refractivity contribution in [3.05, 3.63) is 53.7 Å². The van der Waals surface area contributed by atoms with Crippen LogP contribution in [0.4, 0.5) is 5.82 Å². The number of carbonyl (C=O) groups excluding carboxylic acids is 2. The number of rotatable bonds is 9. The summed E-state index contributed by atoms with van der Waals surface area (Å²) in [5, 5.41) is 10.9. The molecule has 9 nitrogen and oxygen atoms in total. The van der Waals surface area contributed by atoms with Gasteiger partial charge in [-0.25, -0.2) is 23.3 Å². The summed E-state index contributed by atoms with van der Waals surface area (Å²) in [6.45, 7) is -0.0839. The summed E-state index contributed by atoms with van der Waals surface area (Å²) in [4.78, 5) is 28.0. The number of amides is 1. The third kappa shape index (κ3) is 6.54. The van der Waals surface area contributed by atoms with Crippen LogP contribution in [0.3, 0.4) is 0 Å². The number of hydrogen-bond acceptors (Lipinski definition) is 7. The number of aromatic nitrogens is 1. The molecule has 0 aliphatic heterocycles. The van der Waals surface area contributed by atoms with Crippen molar-refractivity contribution in [1.82, 2.24) is 10.3 Å². The van der Waals surface area contributed by atoms with Crippen molar-refractivity contribution in [3.63, 3.8) is 0 Å². The second-order valence-corrected chi connectivity index (χ2v) is 8.28. The quantitative estimate of drug-likeness (QED) is 0.512. The Morgan fingerprint density at radius 2 is 1.86 bits per heavy atom. The molecular formula is C19H22N4O5S. The smallest absolute Gasteiger partial charge is 0.340 e. The van der Waals surface area contributed by atoms with Gasteiger partial charge in [-0.1, -0.05) is 12.1 Å². The summed E-state index contributed by atoms with van der Waals surface area (Å²) < 4.78 is 27.4. The largest absolute Gasteiger partial charge is 0.452 e. The molecule has 154 valence electrons. The third-order valence-corrected chi connectivity index (χ3v) is 5.18. The zero-order valence-electron chi connectivity index (χ0n) is 15.6. The van der Waals surface area contributed by atoms with Crippen molar-refractivity contribution >= 4 is 27.7 Å². The normalized spacial score (nSPS) is 13.6.